The molecule has 0 aliphatic heterocycles. The molecule has 0 bridgehead atoms. The summed E-state index contributed by atoms with van der Waals surface area (Å²) in [5.41, 5.74) is 1.92. The largest absolute Gasteiger partial charge is 0.493 e. The fourth-order valence-electron chi connectivity index (χ4n) is 3.02. The third-order valence-electron chi connectivity index (χ3n) is 4.53. The highest BCUT2D eigenvalue weighted by Gasteiger charge is 2.13. The second-order valence-electron chi connectivity index (χ2n) is 6.64. The molecule has 0 aromatic heterocycles. The van der Waals surface area contributed by atoms with Gasteiger partial charge in [-0.1, -0.05) is 6.07 Å². The predicted octanol–water partition coefficient (Wildman–Crippen LogP) is 2.35. The van der Waals surface area contributed by atoms with Crippen LogP contribution in [0, 0.1) is 0 Å². The zero-order chi connectivity index (χ0) is 23.3. The van der Waals surface area contributed by atoms with Crippen molar-refractivity contribution in [3.05, 3.63) is 41.5 Å². The first-order valence-electron chi connectivity index (χ1n) is 10.3. The van der Waals surface area contributed by atoms with E-state index in [1.165, 1.54) is 0 Å². The molecule has 0 aliphatic rings. The molecule has 9 nitrogen and oxygen atoms in total. The van der Waals surface area contributed by atoms with E-state index < -0.39 is 0 Å². The summed E-state index contributed by atoms with van der Waals surface area (Å²) in [4.78, 5) is 4.66. The van der Waals surface area contributed by atoms with Gasteiger partial charge in [0.1, 0.15) is 6.61 Å². The molecule has 0 spiro atoms. The molecule has 176 valence electrons. The van der Waals surface area contributed by atoms with Gasteiger partial charge in [-0.05, 0) is 42.3 Å². The lowest BCUT2D eigenvalue weighted by atomic mass is 10.2. The summed E-state index contributed by atoms with van der Waals surface area (Å²) in [5.74, 6) is 3.59. The molecule has 2 rings (SSSR count). The molecule has 0 atom stereocenters. The molecule has 9 heteroatoms. The molecule has 0 radical (unpaired) electrons. The van der Waals surface area contributed by atoms with Gasteiger partial charge >= 0.3 is 0 Å². The average molecular weight is 448 g/mol. The van der Waals surface area contributed by atoms with Crippen molar-refractivity contribution in [1.82, 2.24) is 10.6 Å². The minimum absolute atomic E-state index is 0.0546. The summed E-state index contributed by atoms with van der Waals surface area (Å²) >= 11 is 0. The molecule has 0 unspecified atom stereocenters. The van der Waals surface area contributed by atoms with E-state index in [0.29, 0.717) is 47.8 Å². The van der Waals surface area contributed by atoms with E-state index in [-0.39, 0.29) is 13.2 Å². The monoisotopic (exact) mass is 447 g/mol. The van der Waals surface area contributed by atoms with Gasteiger partial charge in [0.2, 0.25) is 5.75 Å². The Hall–Kier alpha value is -3.33. The maximum atomic E-state index is 8.94. The first kappa shape index (κ1) is 24.9. The third-order valence-corrected chi connectivity index (χ3v) is 4.53. The van der Waals surface area contributed by atoms with Crippen LogP contribution in [0.2, 0.25) is 0 Å². The van der Waals surface area contributed by atoms with E-state index in [1.54, 1.807) is 28.4 Å². The van der Waals surface area contributed by atoms with Crippen molar-refractivity contribution in [1.29, 1.82) is 0 Å². The van der Waals surface area contributed by atoms with Crippen LogP contribution in [0.15, 0.2) is 35.3 Å². The second kappa shape index (κ2) is 13.2. The van der Waals surface area contributed by atoms with Crippen molar-refractivity contribution in [3.8, 4) is 28.7 Å². The summed E-state index contributed by atoms with van der Waals surface area (Å²) < 4.78 is 27.1. The lowest BCUT2D eigenvalue weighted by Crippen LogP contribution is -2.36. The number of guanidine groups is 1. The Balaban J connectivity index is 2.12. The molecule has 0 saturated heterocycles. The average Bonchev–Trinajstić information content (AvgIpc) is 2.83. The van der Waals surface area contributed by atoms with E-state index in [4.69, 9.17) is 28.8 Å². The van der Waals surface area contributed by atoms with Crippen molar-refractivity contribution in [2.75, 3.05) is 48.2 Å². The van der Waals surface area contributed by atoms with E-state index in [0.717, 1.165) is 17.7 Å². The molecule has 2 aromatic carbocycles. The third kappa shape index (κ3) is 6.84. The van der Waals surface area contributed by atoms with Gasteiger partial charge in [0.25, 0.3) is 0 Å². The van der Waals surface area contributed by atoms with Gasteiger partial charge < -0.3 is 39.4 Å². The fraction of sp³-hybridized carbons (Fsp3) is 0.435. The molecule has 0 fully saturated rings. The van der Waals surface area contributed by atoms with Gasteiger partial charge in [-0.3, -0.25) is 0 Å². The molecule has 0 saturated carbocycles. The Kier molecular flexibility index (Phi) is 10.3. The van der Waals surface area contributed by atoms with Gasteiger partial charge in [0, 0.05) is 13.1 Å². The SMILES string of the molecule is CCNC(=NCc1cc(OC)c(OC)c(OC)c1)NCc1ccc(OCCO)c(OC)c1. The predicted molar refractivity (Wildman–Crippen MR) is 123 cm³/mol. The van der Waals surface area contributed by atoms with Crippen LogP contribution in [0.25, 0.3) is 0 Å². The van der Waals surface area contributed by atoms with Crippen LogP contribution in [-0.2, 0) is 13.1 Å². The molecule has 0 heterocycles. The molecular weight excluding hydrogens is 414 g/mol. The van der Waals surface area contributed by atoms with Crippen molar-refractivity contribution in [2.45, 2.75) is 20.0 Å². The number of aliphatic imine (C=N–C) groups is 1. The van der Waals surface area contributed by atoms with E-state index in [9.17, 15) is 0 Å². The van der Waals surface area contributed by atoms with Crippen LogP contribution in [0.5, 0.6) is 28.7 Å². The maximum Gasteiger partial charge on any atom is 0.203 e. The molecule has 3 N–H and O–H groups in total. The summed E-state index contributed by atoms with van der Waals surface area (Å²) in [7, 11) is 6.34. The number of methoxy groups -OCH3 is 4. The van der Waals surface area contributed by atoms with Crippen molar-refractivity contribution >= 4 is 5.96 Å². The minimum atomic E-state index is -0.0546. The van der Waals surface area contributed by atoms with Gasteiger partial charge in [-0.2, -0.15) is 0 Å². The lowest BCUT2D eigenvalue weighted by Gasteiger charge is -2.15. The molecular formula is C23H33N3O6. The number of nitrogens with one attached hydrogen (secondary N) is 2. The molecule has 0 amide bonds. The Morgan fingerprint density at radius 3 is 2.06 bits per heavy atom. The van der Waals surface area contributed by atoms with Crippen LogP contribution in [0.4, 0.5) is 0 Å². The Morgan fingerprint density at radius 2 is 1.50 bits per heavy atom. The van der Waals surface area contributed by atoms with Crippen molar-refractivity contribution in [2.24, 2.45) is 4.99 Å². The van der Waals surface area contributed by atoms with E-state index >= 15 is 0 Å². The highest BCUT2D eigenvalue weighted by atomic mass is 16.5. The highest BCUT2D eigenvalue weighted by Crippen LogP contribution is 2.38. The number of nitrogens with zero attached hydrogens (tertiary/aromatic N) is 1. The van der Waals surface area contributed by atoms with Gasteiger partial charge in [0.05, 0.1) is 41.6 Å². The number of aliphatic hydroxyl groups excluding tert-OH is 1. The summed E-state index contributed by atoms with van der Waals surface area (Å²) in [6, 6.07) is 9.41. The number of ether oxygens (including phenoxy) is 5. The number of benzene rings is 2. The normalized spacial score (nSPS) is 11.0. The zero-order valence-electron chi connectivity index (χ0n) is 19.4. The number of aliphatic hydroxyl groups is 1. The van der Waals surface area contributed by atoms with Gasteiger partial charge in [0.15, 0.2) is 29.0 Å². The lowest BCUT2D eigenvalue weighted by molar-refractivity contribution is 0.196. The van der Waals surface area contributed by atoms with E-state index in [1.807, 2.05) is 37.3 Å². The van der Waals surface area contributed by atoms with Crippen LogP contribution in [0.3, 0.4) is 0 Å². The first-order valence-corrected chi connectivity index (χ1v) is 10.3. The standard InChI is InChI=1S/C23H33N3O6/c1-6-24-23(25-14-16-7-8-18(32-10-9-27)19(11-16)28-2)26-15-17-12-20(29-3)22(31-5)21(13-17)30-4/h7-8,11-13,27H,6,9-10,14-15H2,1-5H3,(H2,24,25,26). The maximum absolute atomic E-state index is 8.94. The number of hydrogen-bond acceptors (Lipinski definition) is 7. The highest BCUT2D eigenvalue weighted by molar-refractivity contribution is 5.79. The van der Waals surface area contributed by atoms with Crippen LogP contribution in [0.1, 0.15) is 18.1 Å². The van der Waals surface area contributed by atoms with Crippen molar-refractivity contribution < 1.29 is 28.8 Å². The Bertz CT molecular complexity index is 863. The first-order chi connectivity index (χ1) is 15.6. The Morgan fingerprint density at radius 1 is 0.844 bits per heavy atom. The summed E-state index contributed by atoms with van der Waals surface area (Å²) in [6.45, 7) is 3.85. The van der Waals surface area contributed by atoms with Gasteiger partial charge in [-0.15, -0.1) is 0 Å². The molecule has 2 aromatic rings. The Labute approximate surface area is 189 Å². The second-order valence-corrected chi connectivity index (χ2v) is 6.64. The zero-order valence-corrected chi connectivity index (χ0v) is 19.4. The molecule has 0 aliphatic carbocycles. The van der Waals surface area contributed by atoms with Gasteiger partial charge in [-0.25, -0.2) is 4.99 Å². The van der Waals surface area contributed by atoms with Crippen LogP contribution >= 0.6 is 0 Å². The molecule has 32 heavy (non-hydrogen) atoms. The van der Waals surface area contributed by atoms with Crippen LogP contribution in [-0.4, -0.2) is 59.3 Å². The van der Waals surface area contributed by atoms with Crippen LogP contribution < -0.4 is 34.3 Å². The minimum Gasteiger partial charge on any atom is -0.493 e. The fourth-order valence-corrected chi connectivity index (χ4v) is 3.02. The smallest absolute Gasteiger partial charge is 0.203 e. The topological polar surface area (TPSA) is 103 Å². The number of rotatable bonds is 12. The quantitative estimate of drug-likeness (QED) is 0.337. The van der Waals surface area contributed by atoms with E-state index in [2.05, 4.69) is 15.6 Å². The number of hydrogen-bond donors (Lipinski definition) is 3. The van der Waals surface area contributed by atoms with Crippen molar-refractivity contribution in [3.63, 3.8) is 0 Å². The summed E-state index contributed by atoms with van der Waals surface area (Å²) in [6.07, 6.45) is 0. The summed E-state index contributed by atoms with van der Waals surface area (Å²) in [5, 5.41) is 15.5.